The summed E-state index contributed by atoms with van der Waals surface area (Å²) in [5.41, 5.74) is 4.52. The van der Waals surface area contributed by atoms with Crippen molar-refractivity contribution in [3.63, 3.8) is 0 Å². The summed E-state index contributed by atoms with van der Waals surface area (Å²) < 4.78 is 5.49. The van der Waals surface area contributed by atoms with Gasteiger partial charge in [0.2, 0.25) is 0 Å². The molecule has 0 aliphatic rings. The molecular weight excluding hydrogens is 324 g/mol. The highest BCUT2D eigenvalue weighted by molar-refractivity contribution is 6.83. The summed E-state index contributed by atoms with van der Waals surface area (Å²) in [4.78, 5) is 12.3. The third-order valence-corrected chi connectivity index (χ3v) is 4.37. The molecule has 2 aromatic carbocycles. The number of fused-ring (bicyclic) bond motifs is 1. The van der Waals surface area contributed by atoms with E-state index >= 15 is 0 Å². The summed E-state index contributed by atoms with van der Waals surface area (Å²) in [6, 6.07) is 17.0. The van der Waals surface area contributed by atoms with Crippen LogP contribution >= 0.6 is 0 Å². The smallest absolute Gasteiger partial charge is 0.344 e. The first-order valence-electron chi connectivity index (χ1n) is 8.10. The van der Waals surface area contributed by atoms with Crippen molar-refractivity contribution >= 4 is 18.8 Å². The van der Waals surface area contributed by atoms with Gasteiger partial charge in [0.25, 0.3) is 0 Å². The van der Waals surface area contributed by atoms with Gasteiger partial charge in [-0.3, -0.25) is 0 Å². The molecule has 0 bridgehead atoms. The molecule has 0 unspecified atom stereocenters. The van der Waals surface area contributed by atoms with Crippen molar-refractivity contribution in [1.29, 1.82) is 0 Å². The molecule has 0 saturated carbocycles. The van der Waals surface area contributed by atoms with Crippen LogP contribution < -0.4 is 5.63 Å². The Kier molecular flexibility index (Phi) is 4.61. The van der Waals surface area contributed by atoms with E-state index in [1.165, 1.54) is 0 Å². The van der Waals surface area contributed by atoms with E-state index in [4.69, 9.17) is 4.42 Å². The van der Waals surface area contributed by atoms with Crippen LogP contribution in [-0.4, -0.2) is 8.07 Å². The van der Waals surface area contributed by atoms with E-state index in [0.717, 1.165) is 10.9 Å². The minimum atomic E-state index is -1.58. The van der Waals surface area contributed by atoms with Crippen LogP contribution in [0.1, 0.15) is 16.9 Å². The first-order chi connectivity index (χ1) is 11.9. The zero-order valence-electron chi connectivity index (χ0n) is 14.5. The molecule has 0 saturated heterocycles. The Balaban J connectivity index is 2.25. The molecule has 0 fully saturated rings. The molecule has 1 heterocycles. The predicted molar refractivity (Wildman–Crippen MR) is 105 cm³/mol. The van der Waals surface area contributed by atoms with E-state index in [1.54, 1.807) is 6.07 Å². The Morgan fingerprint density at radius 2 is 1.44 bits per heavy atom. The molecule has 1 aromatic heterocycles. The van der Waals surface area contributed by atoms with Crippen LogP contribution in [0.2, 0.25) is 19.6 Å². The maximum absolute atomic E-state index is 12.3. The minimum Gasteiger partial charge on any atom is -0.412 e. The Bertz CT molecular complexity index is 1100. The van der Waals surface area contributed by atoms with Crippen LogP contribution in [-0.2, 0) is 0 Å². The van der Waals surface area contributed by atoms with Crippen molar-refractivity contribution in [3.8, 4) is 23.3 Å². The van der Waals surface area contributed by atoms with Gasteiger partial charge in [-0.2, -0.15) is 0 Å². The summed E-state index contributed by atoms with van der Waals surface area (Å²) in [7, 11) is -1.58. The van der Waals surface area contributed by atoms with Gasteiger partial charge in [-0.25, -0.2) is 4.79 Å². The second-order valence-corrected chi connectivity index (χ2v) is 11.5. The maximum Gasteiger partial charge on any atom is 0.344 e. The fraction of sp³-hybridized carbons (Fsp3) is 0.136. The Labute approximate surface area is 148 Å². The Morgan fingerprint density at radius 3 is 2.12 bits per heavy atom. The van der Waals surface area contributed by atoms with Gasteiger partial charge in [0.05, 0.1) is 10.9 Å². The van der Waals surface area contributed by atoms with Gasteiger partial charge in [0, 0.05) is 10.9 Å². The first-order valence-corrected chi connectivity index (χ1v) is 11.6. The van der Waals surface area contributed by atoms with E-state index in [1.807, 2.05) is 48.5 Å². The van der Waals surface area contributed by atoms with Crippen molar-refractivity contribution in [2.75, 3.05) is 0 Å². The largest absolute Gasteiger partial charge is 0.412 e. The molecule has 0 radical (unpaired) electrons. The highest BCUT2D eigenvalue weighted by Gasteiger charge is 2.12. The lowest BCUT2D eigenvalue weighted by molar-refractivity contribution is 0.506. The average Bonchev–Trinajstić information content (AvgIpc) is 2.59. The minimum absolute atomic E-state index is 0.332. The molecule has 0 atom stereocenters. The summed E-state index contributed by atoms with van der Waals surface area (Å²) in [5, 5.41) is 1.33. The monoisotopic (exact) mass is 342 g/mol. The summed E-state index contributed by atoms with van der Waals surface area (Å²) in [6.45, 7) is 6.53. The lowest BCUT2D eigenvalue weighted by Gasteiger charge is -2.05. The van der Waals surface area contributed by atoms with Crippen LogP contribution in [0.3, 0.4) is 0 Å². The zero-order valence-corrected chi connectivity index (χ0v) is 15.5. The Hall–Kier alpha value is -3.01. The third kappa shape index (κ3) is 4.09. The van der Waals surface area contributed by atoms with Crippen molar-refractivity contribution in [2.45, 2.75) is 19.6 Å². The fourth-order valence-corrected chi connectivity index (χ4v) is 2.81. The molecule has 2 nitrogen and oxygen atoms in total. The van der Waals surface area contributed by atoms with Gasteiger partial charge in [-0.05, 0) is 24.1 Å². The highest BCUT2D eigenvalue weighted by atomic mass is 28.3. The molecule has 0 aliphatic heterocycles. The van der Waals surface area contributed by atoms with Crippen molar-refractivity contribution in [1.82, 2.24) is 0 Å². The average molecular weight is 342 g/mol. The van der Waals surface area contributed by atoms with E-state index < -0.39 is 8.07 Å². The SMILES string of the molecule is C[Si](C)(C)C#Cc1c(C#Cc2ccccc2)oc(=O)c2ccccc12. The fourth-order valence-electron chi connectivity index (χ4n) is 2.31. The number of hydrogen-bond acceptors (Lipinski definition) is 2. The maximum atomic E-state index is 12.3. The topological polar surface area (TPSA) is 30.2 Å². The molecular formula is C22H18O2Si. The zero-order chi connectivity index (χ0) is 17.9. The Morgan fingerprint density at radius 1 is 0.800 bits per heavy atom. The normalized spacial score (nSPS) is 10.5. The van der Waals surface area contributed by atoms with Gasteiger partial charge in [-0.1, -0.05) is 67.9 Å². The lowest BCUT2D eigenvalue weighted by atomic mass is 10.1. The second kappa shape index (κ2) is 6.85. The molecule has 122 valence electrons. The highest BCUT2D eigenvalue weighted by Crippen LogP contribution is 2.18. The molecule has 3 aromatic rings. The van der Waals surface area contributed by atoms with Crippen LogP contribution in [0.25, 0.3) is 10.8 Å². The predicted octanol–water partition coefficient (Wildman–Crippen LogP) is 4.42. The molecule has 0 aliphatic carbocycles. The van der Waals surface area contributed by atoms with Gasteiger partial charge in [0.1, 0.15) is 8.07 Å². The molecule has 0 N–H and O–H groups in total. The van der Waals surface area contributed by atoms with Crippen molar-refractivity contribution in [3.05, 3.63) is 81.9 Å². The van der Waals surface area contributed by atoms with Crippen molar-refractivity contribution < 1.29 is 4.42 Å². The quantitative estimate of drug-likeness (QED) is 0.447. The van der Waals surface area contributed by atoms with E-state index in [-0.39, 0.29) is 5.63 Å². The van der Waals surface area contributed by atoms with Gasteiger partial charge >= 0.3 is 5.63 Å². The van der Waals surface area contributed by atoms with Crippen LogP contribution in [0.4, 0.5) is 0 Å². The molecule has 25 heavy (non-hydrogen) atoms. The lowest BCUT2D eigenvalue weighted by Crippen LogP contribution is -2.16. The standard InChI is InChI=1S/C22H18O2Si/c1-25(2,3)16-15-19-18-11-7-8-12-20(18)22(23)24-21(19)14-13-17-9-5-4-6-10-17/h4-12H,1-3H3. The third-order valence-electron chi connectivity index (χ3n) is 3.49. The van der Waals surface area contributed by atoms with E-state index in [2.05, 4.69) is 42.9 Å². The molecule has 3 heteroatoms. The van der Waals surface area contributed by atoms with Crippen molar-refractivity contribution in [2.24, 2.45) is 0 Å². The number of rotatable bonds is 0. The second-order valence-electron chi connectivity index (χ2n) is 6.76. The number of benzene rings is 2. The van der Waals surface area contributed by atoms with Crippen LogP contribution in [0, 0.1) is 23.3 Å². The molecule has 0 spiro atoms. The van der Waals surface area contributed by atoms with Crippen LogP contribution in [0.5, 0.6) is 0 Å². The summed E-state index contributed by atoms with van der Waals surface area (Å²) >= 11 is 0. The van der Waals surface area contributed by atoms with Gasteiger partial charge in [0.15, 0.2) is 5.76 Å². The van der Waals surface area contributed by atoms with Crippen LogP contribution in [0.15, 0.2) is 63.8 Å². The number of hydrogen-bond donors (Lipinski definition) is 0. The summed E-state index contributed by atoms with van der Waals surface area (Å²) in [5.74, 6) is 9.61. The van der Waals surface area contributed by atoms with Gasteiger partial charge < -0.3 is 4.42 Å². The van der Waals surface area contributed by atoms with Gasteiger partial charge in [-0.15, -0.1) is 5.54 Å². The summed E-state index contributed by atoms with van der Waals surface area (Å²) in [6.07, 6.45) is 0. The molecule has 3 rings (SSSR count). The first kappa shape index (κ1) is 16.8. The molecule has 0 amide bonds. The van der Waals surface area contributed by atoms with E-state index in [9.17, 15) is 4.79 Å². The van der Waals surface area contributed by atoms with E-state index in [0.29, 0.717) is 16.7 Å².